The molecular weight excluding hydrogens is 394 g/mol. The number of carbonyl (C=O) groups is 2. The highest BCUT2D eigenvalue weighted by atomic mass is 32.2. The Morgan fingerprint density at radius 2 is 1.86 bits per heavy atom. The third-order valence-electron chi connectivity index (χ3n) is 5.04. The van der Waals surface area contributed by atoms with E-state index in [1.807, 2.05) is 6.07 Å². The van der Waals surface area contributed by atoms with E-state index in [-0.39, 0.29) is 23.4 Å². The number of carbonyl (C=O) groups excluding carboxylic acids is 2. The zero-order valence-corrected chi connectivity index (χ0v) is 17.8. The summed E-state index contributed by atoms with van der Waals surface area (Å²) in [5.41, 5.74) is 0.163. The highest BCUT2D eigenvalue weighted by Crippen LogP contribution is 2.23. The van der Waals surface area contributed by atoms with Crippen LogP contribution in [0.25, 0.3) is 0 Å². The van der Waals surface area contributed by atoms with Gasteiger partial charge in [-0.05, 0) is 49.9 Å². The topological polar surface area (TPSA) is 108 Å². The number of likely N-dealkylation sites (N-methyl/N-ethyl adjacent to an activating group) is 1. The van der Waals surface area contributed by atoms with Gasteiger partial charge in [-0.25, -0.2) is 13.2 Å². The molecule has 9 heteroatoms. The van der Waals surface area contributed by atoms with E-state index in [4.69, 9.17) is 10.00 Å². The lowest BCUT2D eigenvalue weighted by Crippen LogP contribution is -2.38. The first-order valence-electron chi connectivity index (χ1n) is 9.60. The average Bonchev–Trinajstić information content (AvgIpc) is 2.71. The van der Waals surface area contributed by atoms with E-state index in [1.54, 1.807) is 0 Å². The third-order valence-corrected chi connectivity index (χ3v) is 6.95. The van der Waals surface area contributed by atoms with Crippen LogP contribution >= 0.6 is 0 Å². The first kappa shape index (κ1) is 22.8. The molecule has 1 aromatic rings. The summed E-state index contributed by atoms with van der Waals surface area (Å²) in [4.78, 5) is 25.9. The number of sulfonamides is 1. The zero-order chi connectivity index (χ0) is 21.6. The van der Waals surface area contributed by atoms with Crippen LogP contribution in [0.5, 0.6) is 0 Å². The molecule has 158 valence electrons. The molecule has 0 saturated carbocycles. The van der Waals surface area contributed by atoms with Gasteiger partial charge >= 0.3 is 5.97 Å². The van der Waals surface area contributed by atoms with Crippen LogP contribution in [0.1, 0.15) is 43.5 Å². The second-order valence-electron chi connectivity index (χ2n) is 7.33. The maximum Gasteiger partial charge on any atom is 0.338 e. The van der Waals surface area contributed by atoms with Gasteiger partial charge in [0.2, 0.25) is 10.0 Å². The van der Waals surface area contributed by atoms with Crippen molar-refractivity contribution in [1.82, 2.24) is 9.21 Å². The maximum atomic E-state index is 12.7. The van der Waals surface area contributed by atoms with Crippen molar-refractivity contribution in [1.29, 1.82) is 5.26 Å². The summed E-state index contributed by atoms with van der Waals surface area (Å²) in [5, 5.41) is 8.58. The van der Waals surface area contributed by atoms with E-state index >= 15 is 0 Å². The van der Waals surface area contributed by atoms with Crippen LogP contribution in [0, 0.1) is 17.2 Å². The molecular formula is C20H27N3O5S. The van der Waals surface area contributed by atoms with Gasteiger partial charge in [0.1, 0.15) is 0 Å². The molecule has 1 amide bonds. The summed E-state index contributed by atoms with van der Waals surface area (Å²) in [5.74, 6) is -0.607. The molecule has 0 spiro atoms. The quantitative estimate of drug-likeness (QED) is 0.623. The lowest BCUT2D eigenvalue weighted by Gasteiger charge is -2.29. The minimum Gasteiger partial charge on any atom is -0.449 e. The Balaban J connectivity index is 2.01. The number of esters is 1. The number of hydrogen-bond donors (Lipinski definition) is 0. The van der Waals surface area contributed by atoms with E-state index in [2.05, 4.69) is 6.92 Å². The highest BCUT2D eigenvalue weighted by Gasteiger charge is 2.28. The number of nitrogens with zero attached hydrogens (tertiary/aromatic N) is 3. The summed E-state index contributed by atoms with van der Waals surface area (Å²) in [6, 6.07) is 7.49. The maximum absolute atomic E-state index is 12.7. The first-order valence-corrected chi connectivity index (χ1v) is 11.0. The van der Waals surface area contributed by atoms with Gasteiger partial charge in [0.25, 0.3) is 5.91 Å². The van der Waals surface area contributed by atoms with Gasteiger partial charge in [0.05, 0.1) is 22.9 Å². The molecule has 1 fully saturated rings. The number of amides is 1. The Hall–Kier alpha value is -2.44. The van der Waals surface area contributed by atoms with E-state index in [9.17, 15) is 18.0 Å². The van der Waals surface area contributed by atoms with Crippen LogP contribution in [0.3, 0.4) is 0 Å². The number of ether oxygens (including phenoxy) is 1. The van der Waals surface area contributed by atoms with Crippen LogP contribution in [-0.4, -0.2) is 62.3 Å². The van der Waals surface area contributed by atoms with Gasteiger partial charge in [-0.1, -0.05) is 6.92 Å². The molecule has 8 nitrogen and oxygen atoms in total. The third kappa shape index (κ3) is 5.78. The number of nitriles is 1. The second-order valence-corrected chi connectivity index (χ2v) is 9.26. The molecule has 0 unspecified atom stereocenters. The average molecular weight is 422 g/mol. The Morgan fingerprint density at radius 3 is 2.41 bits per heavy atom. The van der Waals surface area contributed by atoms with Crippen LogP contribution in [-0.2, 0) is 19.6 Å². The van der Waals surface area contributed by atoms with Crippen LogP contribution in [0.4, 0.5) is 0 Å². The summed E-state index contributed by atoms with van der Waals surface area (Å²) in [6.07, 6.45) is 0.843. The molecule has 1 aliphatic heterocycles. The molecule has 1 aromatic carbocycles. The molecule has 0 bridgehead atoms. The second kappa shape index (κ2) is 9.85. The molecule has 0 aromatic heterocycles. The van der Waals surface area contributed by atoms with Gasteiger partial charge in [-0.2, -0.15) is 9.57 Å². The predicted molar refractivity (Wildman–Crippen MR) is 106 cm³/mol. The monoisotopic (exact) mass is 421 g/mol. The Morgan fingerprint density at radius 1 is 1.28 bits per heavy atom. The standard InChI is InChI=1S/C20H27N3O5S/c1-15-9-13-23(14-10-15)29(26,27)18-7-5-17(6-8-18)20(25)28-16(2)19(24)22(3)12-4-11-21/h5-8,15-16H,4,9-10,12-14H2,1-3H3/t16-/m1/s1. The molecule has 2 rings (SSSR count). The SMILES string of the molecule is CC1CCN(S(=O)(=O)c2ccc(C(=O)O[C@H](C)C(=O)N(C)CCC#N)cc2)CC1. The number of rotatable bonds is 7. The van der Waals surface area contributed by atoms with Crippen molar-refractivity contribution < 1.29 is 22.7 Å². The Bertz CT molecular complexity index is 868. The van der Waals surface area contributed by atoms with Crippen molar-refractivity contribution >= 4 is 21.9 Å². The van der Waals surface area contributed by atoms with Gasteiger partial charge in [-0.3, -0.25) is 4.79 Å². The minimum absolute atomic E-state index is 0.129. The van der Waals surface area contributed by atoms with Crippen LogP contribution in [0.2, 0.25) is 0 Å². The number of benzene rings is 1. The Labute approximate surface area is 172 Å². The summed E-state index contributed by atoms with van der Waals surface area (Å²) in [6.45, 7) is 4.80. The zero-order valence-electron chi connectivity index (χ0n) is 17.0. The molecule has 1 heterocycles. The summed E-state index contributed by atoms with van der Waals surface area (Å²) < 4.78 is 32.1. The molecule has 1 aliphatic rings. The summed E-state index contributed by atoms with van der Waals surface area (Å²) in [7, 11) is -2.06. The van der Waals surface area contributed by atoms with E-state index in [1.165, 1.54) is 47.4 Å². The fourth-order valence-corrected chi connectivity index (χ4v) is 4.52. The van der Waals surface area contributed by atoms with Gasteiger partial charge in [0, 0.05) is 26.7 Å². The van der Waals surface area contributed by atoms with Crippen molar-refractivity contribution in [3.63, 3.8) is 0 Å². The van der Waals surface area contributed by atoms with Crippen molar-refractivity contribution in [3.8, 4) is 6.07 Å². The minimum atomic E-state index is -3.59. The van der Waals surface area contributed by atoms with Crippen LogP contribution in [0.15, 0.2) is 29.2 Å². The van der Waals surface area contributed by atoms with E-state index < -0.39 is 28.0 Å². The van der Waals surface area contributed by atoms with E-state index in [0.29, 0.717) is 19.0 Å². The van der Waals surface area contributed by atoms with Crippen molar-refractivity contribution in [2.24, 2.45) is 5.92 Å². The van der Waals surface area contributed by atoms with Gasteiger partial charge in [0.15, 0.2) is 6.10 Å². The fourth-order valence-electron chi connectivity index (χ4n) is 3.05. The lowest BCUT2D eigenvalue weighted by atomic mass is 10.0. The normalized spacial score (nSPS) is 16.6. The molecule has 1 atom stereocenters. The fraction of sp³-hybridized carbons (Fsp3) is 0.550. The predicted octanol–water partition coefficient (Wildman–Crippen LogP) is 2.02. The first-order chi connectivity index (χ1) is 13.7. The highest BCUT2D eigenvalue weighted by molar-refractivity contribution is 7.89. The number of piperidine rings is 1. The molecule has 0 aliphatic carbocycles. The molecule has 0 radical (unpaired) electrons. The van der Waals surface area contributed by atoms with E-state index in [0.717, 1.165) is 12.8 Å². The molecule has 0 N–H and O–H groups in total. The van der Waals surface area contributed by atoms with Crippen molar-refractivity contribution in [2.45, 2.75) is 44.1 Å². The van der Waals surface area contributed by atoms with Crippen molar-refractivity contribution in [3.05, 3.63) is 29.8 Å². The van der Waals surface area contributed by atoms with Crippen LogP contribution < -0.4 is 0 Å². The Kier molecular flexibility index (Phi) is 7.76. The lowest BCUT2D eigenvalue weighted by molar-refractivity contribution is -0.138. The van der Waals surface area contributed by atoms with Crippen molar-refractivity contribution in [2.75, 3.05) is 26.7 Å². The number of hydrogen-bond acceptors (Lipinski definition) is 6. The molecule has 1 saturated heterocycles. The largest absolute Gasteiger partial charge is 0.449 e. The summed E-state index contributed by atoms with van der Waals surface area (Å²) >= 11 is 0. The van der Waals surface area contributed by atoms with Gasteiger partial charge < -0.3 is 9.64 Å². The van der Waals surface area contributed by atoms with Gasteiger partial charge in [-0.15, -0.1) is 0 Å². The molecule has 29 heavy (non-hydrogen) atoms. The smallest absolute Gasteiger partial charge is 0.338 e.